The number of aromatic amines is 1. The van der Waals surface area contributed by atoms with Crippen LogP contribution < -0.4 is 20.7 Å². The van der Waals surface area contributed by atoms with Gasteiger partial charge in [0.05, 0.1) is 37.4 Å². The molecule has 5 rings (SSSR count). The summed E-state index contributed by atoms with van der Waals surface area (Å²) in [6, 6.07) is 26.1. The number of aliphatic hydroxyl groups is 2. The number of H-pyrrole nitrogens is 1. The van der Waals surface area contributed by atoms with Gasteiger partial charge in [-0.2, -0.15) is 5.26 Å². The van der Waals surface area contributed by atoms with Gasteiger partial charge in [-0.25, -0.2) is 4.79 Å². The number of allylic oxidation sites excluding steroid dienone is 1. The van der Waals surface area contributed by atoms with Gasteiger partial charge in [0.15, 0.2) is 0 Å². The highest BCUT2D eigenvalue weighted by Gasteiger charge is 2.54. The minimum absolute atomic E-state index is 0.0348. The predicted molar refractivity (Wildman–Crippen MR) is 173 cm³/mol. The van der Waals surface area contributed by atoms with E-state index in [9.17, 15) is 19.8 Å². The first-order valence-corrected chi connectivity index (χ1v) is 15.0. The van der Waals surface area contributed by atoms with Crippen LogP contribution in [0.5, 0.6) is 11.5 Å². The minimum atomic E-state index is -1.44. The highest BCUT2D eigenvalue weighted by molar-refractivity contribution is 5.60. The number of rotatable bonds is 11. The molecule has 1 saturated heterocycles. The van der Waals surface area contributed by atoms with E-state index in [1.807, 2.05) is 66.7 Å². The second-order valence-electron chi connectivity index (χ2n) is 11.3. The van der Waals surface area contributed by atoms with Gasteiger partial charge in [-0.3, -0.25) is 14.3 Å². The molecule has 1 aromatic heterocycles. The fourth-order valence-electron chi connectivity index (χ4n) is 6.37. The molecule has 0 amide bonds. The van der Waals surface area contributed by atoms with Crippen molar-refractivity contribution < 1.29 is 24.4 Å². The van der Waals surface area contributed by atoms with Gasteiger partial charge in [-0.05, 0) is 37.1 Å². The fourth-order valence-corrected chi connectivity index (χ4v) is 6.37. The van der Waals surface area contributed by atoms with E-state index in [4.69, 9.17) is 19.5 Å². The largest absolute Gasteiger partial charge is 0.496 e. The molecule has 4 aromatic rings. The lowest BCUT2D eigenvalue weighted by Crippen LogP contribution is -2.51. The van der Waals surface area contributed by atoms with E-state index in [0.717, 1.165) is 5.57 Å². The lowest BCUT2D eigenvalue weighted by molar-refractivity contribution is -0.0980. The minimum Gasteiger partial charge on any atom is -0.496 e. The number of nitrogens with zero attached hydrogens (tertiary/aromatic N) is 2. The average Bonchev–Trinajstić information content (AvgIpc) is 3.47. The second-order valence-corrected chi connectivity index (χ2v) is 11.3. The first-order valence-electron chi connectivity index (χ1n) is 15.0. The van der Waals surface area contributed by atoms with Crippen LogP contribution in [-0.4, -0.2) is 52.3 Å². The third kappa shape index (κ3) is 6.00. The van der Waals surface area contributed by atoms with Crippen LogP contribution in [0, 0.1) is 11.3 Å². The molecule has 3 aromatic carbocycles. The molecule has 10 nitrogen and oxygen atoms in total. The number of aromatic nitrogens is 2. The summed E-state index contributed by atoms with van der Waals surface area (Å²) in [5.41, 5.74) is 0.233. The van der Waals surface area contributed by atoms with Crippen LogP contribution in [0.3, 0.4) is 0 Å². The Morgan fingerprint density at radius 1 is 1.04 bits per heavy atom. The molecule has 1 aliphatic rings. The van der Waals surface area contributed by atoms with Gasteiger partial charge in [0.1, 0.15) is 29.9 Å². The van der Waals surface area contributed by atoms with Crippen molar-refractivity contribution in [3.8, 4) is 17.6 Å². The maximum Gasteiger partial charge on any atom is 0.330 e. The number of nitrogens with one attached hydrogen (secondary N) is 1. The van der Waals surface area contributed by atoms with Crippen molar-refractivity contribution in [1.29, 1.82) is 5.26 Å². The number of para-hydroxylation sites is 2. The van der Waals surface area contributed by atoms with Gasteiger partial charge < -0.3 is 24.4 Å². The Balaban J connectivity index is 1.67. The predicted octanol–water partition coefficient (Wildman–Crippen LogP) is 4.30. The van der Waals surface area contributed by atoms with E-state index in [-0.39, 0.29) is 12.0 Å². The van der Waals surface area contributed by atoms with Gasteiger partial charge in [0, 0.05) is 30.2 Å². The van der Waals surface area contributed by atoms with Crippen molar-refractivity contribution in [2.24, 2.45) is 0 Å². The van der Waals surface area contributed by atoms with E-state index >= 15 is 0 Å². The number of methoxy groups -OCH3 is 2. The molecule has 1 fully saturated rings. The molecule has 46 heavy (non-hydrogen) atoms. The van der Waals surface area contributed by atoms with Gasteiger partial charge in [-0.1, -0.05) is 72.3 Å². The molecule has 1 unspecified atom stereocenters. The molecular formula is C36H37N3O7. The number of benzene rings is 3. The molecule has 0 spiro atoms. The van der Waals surface area contributed by atoms with Crippen LogP contribution in [0.4, 0.5) is 0 Å². The molecule has 0 radical (unpaired) electrons. The normalized spacial score (nSPS) is 19.0. The third-order valence-corrected chi connectivity index (χ3v) is 8.52. The first-order chi connectivity index (χ1) is 22.3. The molecule has 3 N–H and O–H groups in total. The molecule has 4 atom stereocenters. The summed E-state index contributed by atoms with van der Waals surface area (Å²) in [6.07, 6.45) is -1.12. The third-order valence-electron chi connectivity index (χ3n) is 8.52. The Labute approximate surface area is 266 Å². The van der Waals surface area contributed by atoms with E-state index in [1.54, 1.807) is 39.4 Å². The Kier molecular flexibility index (Phi) is 9.87. The topological polar surface area (TPSA) is 147 Å². The summed E-state index contributed by atoms with van der Waals surface area (Å²) in [5, 5.41) is 33.1. The first kappa shape index (κ1) is 32.4. The monoisotopic (exact) mass is 623 g/mol. The quantitative estimate of drug-likeness (QED) is 0.210. The van der Waals surface area contributed by atoms with Crippen LogP contribution in [-0.2, 0) is 10.2 Å². The van der Waals surface area contributed by atoms with Gasteiger partial charge >= 0.3 is 5.69 Å². The maximum atomic E-state index is 13.0. The van der Waals surface area contributed by atoms with E-state index in [0.29, 0.717) is 41.0 Å². The van der Waals surface area contributed by atoms with Crippen molar-refractivity contribution in [2.45, 2.75) is 56.1 Å². The van der Waals surface area contributed by atoms with E-state index in [1.165, 1.54) is 10.8 Å². The molecule has 1 aliphatic heterocycles. The second kappa shape index (κ2) is 14.0. The molecule has 238 valence electrons. The smallest absolute Gasteiger partial charge is 0.330 e. The Bertz CT molecular complexity index is 1810. The molecule has 10 heteroatoms. The van der Waals surface area contributed by atoms with Gasteiger partial charge in [-0.15, -0.1) is 0 Å². The summed E-state index contributed by atoms with van der Waals surface area (Å²) in [5.74, 6) is 1.00. The Morgan fingerprint density at radius 2 is 1.63 bits per heavy atom. The van der Waals surface area contributed by atoms with Gasteiger partial charge in [0.25, 0.3) is 5.56 Å². The summed E-state index contributed by atoms with van der Waals surface area (Å²) in [4.78, 5) is 28.0. The summed E-state index contributed by atoms with van der Waals surface area (Å²) < 4.78 is 19.3. The van der Waals surface area contributed by atoms with Crippen LogP contribution in [0.1, 0.15) is 54.7 Å². The van der Waals surface area contributed by atoms with Crippen LogP contribution in [0.2, 0.25) is 0 Å². The SMILES string of the molecule is COc1ccccc1C(c1ccccc1)(c1ccccc1OC)C(O)[C@H]1O[C@@H](n2cc(/C=C(\C)CCC#N)c(=O)[nH]c2=O)C[C@@H]1O. The molecule has 0 bridgehead atoms. The summed E-state index contributed by atoms with van der Waals surface area (Å²) in [7, 11) is 3.10. The highest BCUT2D eigenvalue weighted by Crippen LogP contribution is 2.51. The average molecular weight is 624 g/mol. The van der Waals surface area contributed by atoms with Gasteiger partial charge in [0.2, 0.25) is 0 Å². The van der Waals surface area contributed by atoms with Crippen LogP contribution in [0.15, 0.2) is 100 Å². The standard InChI is InChI=1S/C36H37N3O7/c1-23(12-11-19-37)20-24-22-39(35(43)38-34(24)42)31-21-28(40)32(46-31)33(41)36(25-13-5-4-6-14-25,26-15-7-9-17-29(26)44-2)27-16-8-10-18-30(27)45-3/h4-10,13-18,20,22,28,31-33,40-41H,11-12,21H2,1-3H3,(H,38,42,43)/b23-20+/t28-,31+,32-,33?/m0/s1. The fraction of sp³-hybridized carbons (Fsp3) is 0.306. The number of ether oxygens (including phenoxy) is 3. The van der Waals surface area contributed by atoms with Crippen LogP contribution in [0.25, 0.3) is 6.08 Å². The summed E-state index contributed by atoms with van der Waals surface area (Å²) >= 11 is 0. The van der Waals surface area contributed by atoms with Crippen molar-refractivity contribution in [2.75, 3.05) is 14.2 Å². The number of hydrogen-bond acceptors (Lipinski definition) is 8. The van der Waals surface area contributed by atoms with Crippen molar-refractivity contribution >= 4 is 6.08 Å². The number of hydrogen-bond donors (Lipinski definition) is 3. The van der Waals surface area contributed by atoms with Crippen molar-refractivity contribution in [3.63, 3.8) is 0 Å². The lowest BCUT2D eigenvalue weighted by atomic mass is 9.63. The maximum absolute atomic E-state index is 13.0. The zero-order valence-corrected chi connectivity index (χ0v) is 25.9. The number of aliphatic hydroxyl groups excluding tert-OH is 2. The van der Waals surface area contributed by atoms with Crippen molar-refractivity contribution in [3.05, 3.63) is 134 Å². The zero-order valence-electron chi connectivity index (χ0n) is 25.9. The molecule has 0 aliphatic carbocycles. The lowest BCUT2D eigenvalue weighted by Gasteiger charge is -2.43. The Morgan fingerprint density at radius 3 is 2.22 bits per heavy atom. The molecular weight excluding hydrogens is 586 g/mol. The van der Waals surface area contributed by atoms with E-state index in [2.05, 4.69) is 11.1 Å². The summed E-state index contributed by atoms with van der Waals surface area (Å²) in [6.45, 7) is 1.80. The molecule has 2 heterocycles. The van der Waals surface area contributed by atoms with E-state index < -0.39 is 41.2 Å². The highest BCUT2D eigenvalue weighted by atomic mass is 16.5. The van der Waals surface area contributed by atoms with Crippen LogP contribution >= 0.6 is 0 Å². The number of nitriles is 1. The van der Waals surface area contributed by atoms with Crippen molar-refractivity contribution in [1.82, 2.24) is 9.55 Å². The molecule has 0 saturated carbocycles. The Hall–Kier alpha value is -4.95. The zero-order chi connectivity index (χ0) is 32.8.